The summed E-state index contributed by atoms with van der Waals surface area (Å²) in [6.45, 7) is 2.00. The summed E-state index contributed by atoms with van der Waals surface area (Å²) < 4.78 is 5.25. The Hall–Kier alpha value is -1.22. The minimum absolute atomic E-state index is 0.220. The highest BCUT2D eigenvalue weighted by Crippen LogP contribution is 2.40. The van der Waals surface area contributed by atoms with Crippen LogP contribution < -0.4 is 4.74 Å². The van der Waals surface area contributed by atoms with Crippen molar-refractivity contribution < 1.29 is 4.74 Å². The number of rotatable bonds is 3. The third-order valence-corrected chi connectivity index (χ3v) is 5.90. The third-order valence-electron chi connectivity index (χ3n) is 3.52. The molecule has 0 aliphatic heterocycles. The van der Waals surface area contributed by atoms with Crippen molar-refractivity contribution in [1.82, 2.24) is 0 Å². The van der Waals surface area contributed by atoms with Gasteiger partial charge in [-0.3, -0.25) is 0 Å². The first-order valence-electron chi connectivity index (χ1n) is 6.55. The summed E-state index contributed by atoms with van der Waals surface area (Å²) in [4.78, 5) is 1.00. The monoisotopic (exact) mass is 336 g/mol. The lowest BCUT2D eigenvalue weighted by Gasteiger charge is -2.11. The van der Waals surface area contributed by atoms with Crippen molar-refractivity contribution in [2.45, 2.75) is 12.3 Å². The molecule has 4 heteroatoms. The Morgan fingerprint density at radius 3 is 2.48 bits per heavy atom. The number of hydrogen-bond acceptors (Lipinski definition) is 2. The molecule has 3 aromatic rings. The fourth-order valence-electron chi connectivity index (χ4n) is 2.30. The summed E-state index contributed by atoms with van der Waals surface area (Å²) in [5, 5.41) is 4.87. The van der Waals surface area contributed by atoms with Gasteiger partial charge >= 0.3 is 0 Å². The van der Waals surface area contributed by atoms with Gasteiger partial charge in [0.2, 0.25) is 0 Å². The van der Waals surface area contributed by atoms with E-state index in [2.05, 4.69) is 12.1 Å². The smallest absolute Gasteiger partial charge is 0.119 e. The molecule has 1 atom stereocenters. The first-order chi connectivity index (χ1) is 10.1. The van der Waals surface area contributed by atoms with Crippen LogP contribution in [0.3, 0.4) is 0 Å². The minimum Gasteiger partial charge on any atom is -0.497 e. The summed E-state index contributed by atoms with van der Waals surface area (Å²) in [5.74, 6) is 0.856. The lowest BCUT2D eigenvalue weighted by Crippen LogP contribution is -1.91. The van der Waals surface area contributed by atoms with Gasteiger partial charge in [-0.1, -0.05) is 29.8 Å². The average molecular weight is 337 g/mol. The lowest BCUT2D eigenvalue weighted by molar-refractivity contribution is 0.415. The highest BCUT2D eigenvalue weighted by molar-refractivity contribution is 7.11. The predicted octanol–water partition coefficient (Wildman–Crippen LogP) is 6.20. The van der Waals surface area contributed by atoms with Crippen molar-refractivity contribution >= 4 is 45.3 Å². The van der Waals surface area contributed by atoms with Crippen LogP contribution in [0, 0.1) is 6.92 Å². The van der Waals surface area contributed by atoms with E-state index in [1.807, 2.05) is 36.6 Å². The van der Waals surface area contributed by atoms with Crippen LogP contribution in [0.4, 0.5) is 0 Å². The van der Waals surface area contributed by atoms with Crippen LogP contribution >= 0.6 is 34.5 Å². The van der Waals surface area contributed by atoms with E-state index in [1.54, 1.807) is 18.4 Å². The van der Waals surface area contributed by atoms with Crippen LogP contribution in [0.5, 0.6) is 5.75 Å². The van der Waals surface area contributed by atoms with Crippen LogP contribution in [0.2, 0.25) is 5.02 Å². The number of methoxy groups -OCH3 is 1. The number of halogens is 2. The van der Waals surface area contributed by atoms with E-state index < -0.39 is 0 Å². The van der Waals surface area contributed by atoms with Crippen LogP contribution in [-0.4, -0.2) is 7.11 Å². The Balaban J connectivity index is 2.02. The standard InChI is InChI=1S/C17H14Cl2OS/c1-10-9-21-17(15(10)18)16(19)13-4-3-12-8-14(20-2)6-5-11(12)7-13/h3-9,16H,1-2H3. The molecule has 0 fully saturated rings. The van der Waals surface area contributed by atoms with Gasteiger partial charge in [0.25, 0.3) is 0 Å². The zero-order valence-electron chi connectivity index (χ0n) is 11.7. The highest BCUT2D eigenvalue weighted by atomic mass is 35.5. The number of fused-ring (bicyclic) bond motifs is 1. The van der Waals surface area contributed by atoms with Crippen LogP contribution in [-0.2, 0) is 0 Å². The zero-order chi connectivity index (χ0) is 15.0. The van der Waals surface area contributed by atoms with E-state index in [-0.39, 0.29) is 5.38 Å². The second-order valence-corrected chi connectivity index (χ2v) is 6.66. The molecular formula is C17H14Cl2OS. The largest absolute Gasteiger partial charge is 0.497 e. The molecule has 0 saturated carbocycles. The molecule has 1 unspecified atom stereocenters. The summed E-state index contributed by atoms with van der Waals surface area (Å²) in [7, 11) is 1.67. The van der Waals surface area contributed by atoms with Crippen molar-refractivity contribution in [3.8, 4) is 5.75 Å². The first kappa shape index (κ1) is 14.7. The molecule has 1 nitrogen and oxygen atoms in total. The van der Waals surface area contributed by atoms with E-state index in [0.717, 1.165) is 37.5 Å². The Labute approximate surface area is 138 Å². The maximum atomic E-state index is 6.61. The Morgan fingerprint density at radius 2 is 1.81 bits per heavy atom. The van der Waals surface area contributed by atoms with Crippen molar-refractivity contribution in [2.75, 3.05) is 7.11 Å². The second-order valence-electron chi connectivity index (χ2n) is 4.93. The first-order valence-corrected chi connectivity index (χ1v) is 8.25. The van der Waals surface area contributed by atoms with Crippen molar-refractivity contribution in [3.05, 3.63) is 62.8 Å². The third kappa shape index (κ3) is 2.76. The Bertz CT molecular complexity index is 795. The maximum Gasteiger partial charge on any atom is 0.119 e. The molecule has 0 saturated heterocycles. The van der Waals surface area contributed by atoms with Gasteiger partial charge in [0.15, 0.2) is 0 Å². The number of thiophene rings is 1. The van der Waals surface area contributed by atoms with E-state index in [4.69, 9.17) is 27.9 Å². The summed E-state index contributed by atoms with van der Waals surface area (Å²) >= 11 is 14.5. The van der Waals surface area contributed by atoms with Crippen molar-refractivity contribution in [3.63, 3.8) is 0 Å². The zero-order valence-corrected chi connectivity index (χ0v) is 14.0. The number of benzene rings is 2. The molecule has 0 bridgehead atoms. The van der Waals surface area contributed by atoms with Crippen LogP contribution in [0.15, 0.2) is 41.8 Å². The highest BCUT2D eigenvalue weighted by Gasteiger charge is 2.18. The quantitative estimate of drug-likeness (QED) is 0.517. The van der Waals surface area contributed by atoms with Gasteiger partial charge in [-0.2, -0.15) is 0 Å². The molecule has 0 spiro atoms. The normalized spacial score (nSPS) is 12.6. The van der Waals surface area contributed by atoms with Gasteiger partial charge in [-0.05, 0) is 52.4 Å². The molecule has 0 aliphatic rings. The van der Waals surface area contributed by atoms with Crippen molar-refractivity contribution in [1.29, 1.82) is 0 Å². The summed E-state index contributed by atoms with van der Waals surface area (Å²) in [6.07, 6.45) is 0. The summed E-state index contributed by atoms with van der Waals surface area (Å²) in [5.41, 5.74) is 2.13. The summed E-state index contributed by atoms with van der Waals surface area (Å²) in [6, 6.07) is 12.2. The molecule has 2 aromatic carbocycles. The molecular weight excluding hydrogens is 323 g/mol. The van der Waals surface area contributed by atoms with Gasteiger partial charge < -0.3 is 4.74 Å². The molecule has 1 aromatic heterocycles. The van der Waals surface area contributed by atoms with Crippen LogP contribution in [0.1, 0.15) is 21.4 Å². The molecule has 1 heterocycles. The number of aryl methyl sites for hydroxylation is 1. The maximum absolute atomic E-state index is 6.61. The minimum atomic E-state index is -0.220. The van der Waals surface area contributed by atoms with Gasteiger partial charge in [0.1, 0.15) is 5.75 Å². The van der Waals surface area contributed by atoms with Gasteiger partial charge in [0, 0.05) is 4.88 Å². The molecule has 0 radical (unpaired) electrons. The lowest BCUT2D eigenvalue weighted by atomic mass is 10.0. The van der Waals surface area contributed by atoms with Crippen molar-refractivity contribution in [2.24, 2.45) is 0 Å². The fourth-order valence-corrected chi connectivity index (χ4v) is 4.06. The van der Waals surface area contributed by atoms with E-state index in [1.165, 1.54) is 0 Å². The number of ether oxygens (including phenoxy) is 1. The predicted molar refractivity (Wildman–Crippen MR) is 92.3 cm³/mol. The molecule has 108 valence electrons. The van der Waals surface area contributed by atoms with E-state index in [0.29, 0.717) is 0 Å². The van der Waals surface area contributed by atoms with Crippen LogP contribution in [0.25, 0.3) is 10.8 Å². The Morgan fingerprint density at radius 1 is 1.10 bits per heavy atom. The van der Waals surface area contributed by atoms with E-state index in [9.17, 15) is 0 Å². The van der Waals surface area contributed by atoms with Gasteiger partial charge in [-0.15, -0.1) is 22.9 Å². The molecule has 3 rings (SSSR count). The second kappa shape index (κ2) is 5.88. The fraction of sp³-hybridized carbons (Fsp3) is 0.176. The van der Waals surface area contributed by atoms with Gasteiger partial charge in [-0.25, -0.2) is 0 Å². The number of alkyl halides is 1. The number of hydrogen-bond donors (Lipinski definition) is 0. The topological polar surface area (TPSA) is 9.23 Å². The van der Waals surface area contributed by atoms with Gasteiger partial charge in [0.05, 0.1) is 17.5 Å². The Kier molecular flexibility index (Phi) is 4.12. The molecule has 21 heavy (non-hydrogen) atoms. The molecule has 0 aliphatic carbocycles. The molecule has 0 amide bonds. The van der Waals surface area contributed by atoms with E-state index >= 15 is 0 Å². The molecule has 0 N–H and O–H groups in total. The average Bonchev–Trinajstić information content (AvgIpc) is 2.85. The SMILES string of the molecule is COc1ccc2cc(C(Cl)c3scc(C)c3Cl)ccc2c1.